The number of tetrazole rings is 1. The van der Waals surface area contributed by atoms with Gasteiger partial charge in [0.1, 0.15) is 0 Å². The Kier molecular flexibility index (Phi) is 6.82. The van der Waals surface area contributed by atoms with Crippen molar-refractivity contribution >= 4 is 17.7 Å². The molecule has 1 aromatic carbocycles. The molecule has 2 aliphatic rings. The summed E-state index contributed by atoms with van der Waals surface area (Å²) in [5.74, 6) is 0.836. The number of hydrogen-bond donors (Lipinski definition) is 0. The van der Waals surface area contributed by atoms with Crippen LogP contribution in [0.4, 0.5) is 0 Å². The topological polar surface area (TPSA) is 73.1 Å². The largest absolute Gasteiger partial charge is 0.376 e. The lowest BCUT2D eigenvalue weighted by Gasteiger charge is -2.33. The first kappa shape index (κ1) is 20.3. The van der Waals surface area contributed by atoms with E-state index in [2.05, 4.69) is 45.9 Å². The van der Waals surface area contributed by atoms with Crippen LogP contribution in [0, 0.1) is 5.92 Å². The van der Waals surface area contributed by atoms with Crippen molar-refractivity contribution in [3.8, 4) is 0 Å². The molecule has 0 N–H and O–H groups in total. The van der Waals surface area contributed by atoms with E-state index in [1.54, 1.807) is 4.68 Å². The highest BCUT2D eigenvalue weighted by atomic mass is 32.2. The molecule has 2 aliphatic heterocycles. The zero-order valence-corrected chi connectivity index (χ0v) is 17.8. The maximum absolute atomic E-state index is 12.9. The van der Waals surface area contributed by atoms with E-state index >= 15 is 0 Å². The summed E-state index contributed by atoms with van der Waals surface area (Å²) in [6.07, 6.45) is 5.53. The molecule has 2 aromatic rings. The van der Waals surface area contributed by atoms with Crippen LogP contribution in [0.5, 0.6) is 0 Å². The second kappa shape index (κ2) is 9.71. The Morgan fingerprint density at radius 3 is 2.76 bits per heavy atom. The van der Waals surface area contributed by atoms with E-state index in [1.807, 2.05) is 11.8 Å². The number of carbonyl (C=O) groups excluding carboxylic acids is 1. The predicted molar refractivity (Wildman–Crippen MR) is 112 cm³/mol. The van der Waals surface area contributed by atoms with Crippen molar-refractivity contribution in [2.75, 3.05) is 19.7 Å². The first-order chi connectivity index (χ1) is 14.2. The SMILES string of the molecule is CC(Sc1nnnn1CC1CCCO1)C(=O)N1CCC(Cc2ccccc2)CC1. The average molecular weight is 416 g/mol. The molecule has 8 heteroatoms. The van der Waals surface area contributed by atoms with Crippen molar-refractivity contribution in [3.63, 3.8) is 0 Å². The number of likely N-dealkylation sites (tertiary alicyclic amines) is 1. The van der Waals surface area contributed by atoms with Crippen LogP contribution in [-0.2, 0) is 22.5 Å². The van der Waals surface area contributed by atoms with Crippen LogP contribution in [0.25, 0.3) is 0 Å². The minimum Gasteiger partial charge on any atom is -0.376 e. The number of thioether (sulfide) groups is 1. The first-order valence-corrected chi connectivity index (χ1v) is 11.4. The third-order valence-corrected chi connectivity index (χ3v) is 6.88. The Hall–Kier alpha value is -1.93. The molecule has 1 aromatic heterocycles. The third kappa shape index (κ3) is 5.36. The number of amides is 1. The standard InChI is InChI=1S/C21H29N5O2S/c1-16(29-21-22-23-24-26(21)15-19-8-5-13-28-19)20(27)25-11-9-18(10-12-25)14-17-6-3-2-4-7-17/h2-4,6-7,16,18-19H,5,8-15H2,1H3. The molecule has 0 saturated carbocycles. The molecule has 7 nitrogen and oxygen atoms in total. The average Bonchev–Trinajstić information content (AvgIpc) is 3.42. The van der Waals surface area contributed by atoms with E-state index in [0.29, 0.717) is 17.6 Å². The highest BCUT2D eigenvalue weighted by Gasteiger charge is 2.28. The van der Waals surface area contributed by atoms with Crippen LogP contribution in [0.2, 0.25) is 0 Å². The quantitative estimate of drug-likeness (QED) is 0.648. The van der Waals surface area contributed by atoms with Crippen LogP contribution in [0.1, 0.15) is 38.2 Å². The van der Waals surface area contributed by atoms with Crippen molar-refractivity contribution in [1.29, 1.82) is 0 Å². The van der Waals surface area contributed by atoms with Gasteiger partial charge in [-0.2, -0.15) is 0 Å². The van der Waals surface area contributed by atoms with Crippen LogP contribution in [0.15, 0.2) is 35.5 Å². The van der Waals surface area contributed by atoms with Gasteiger partial charge in [0.15, 0.2) is 0 Å². The Bertz CT molecular complexity index is 785. The number of piperidine rings is 1. The minimum atomic E-state index is -0.199. The van der Waals surface area contributed by atoms with Crippen molar-refractivity contribution in [1.82, 2.24) is 25.1 Å². The van der Waals surface area contributed by atoms with Gasteiger partial charge in [-0.3, -0.25) is 4.79 Å². The molecule has 2 atom stereocenters. The van der Waals surface area contributed by atoms with Crippen LogP contribution in [-0.4, -0.2) is 62.1 Å². The second-order valence-corrected chi connectivity index (χ2v) is 9.31. The summed E-state index contributed by atoms with van der Waals surface area (Å²) in [6.45, 7) is 5.09. The van der Waals surface area contributed by atoms with E-state index in [-0.39, 0.29) is 17.3 Å². The third-order valence-electron chi connectivity index (χ3n) is 5.82. The summed E-state index contributed by atoms with van der Waals surface area (Å²) in [5.41, 5.74) is 1.39. The van der Waals surface area contributed by atoms with E-state index in [4.69, 9.17) is 4.74 Å². The lowest BCUT2D eigenvalue weighted by atomic mass is 9.90. The number of aromatic nitrogens is 4. The molecule has 4 rings (SSSR count). The van der Waals surface area contributed by atoms with Crippen LogP contribution < -0.4 is 0 Å². The van der Waals surface area contributed by atoms with Crippen molar-refractivity contribution < 1.29 is 9.53 Å². The smallest absolute Gasteiger partial charge is 0.235 e. The Labute approximate surface area is 176 Å². The zero-order chi connectivity index (χ0) is 20.1. The molecule has 0 radical (unpaired) electrons. The van der Waals surface area contributed by atoms with Crippen molar-refractivity contribution in [2.24, 2.45) is 5.92 Å². The van der Waals surface area contributed by atoms with E-state index in [1.165, 1.54) is 17.3 Å². The molecular formula is C21H29N5O2S. The molecule has 2 unspecified atom stereocenters. The van der Waals surface area contributed by atoms with E-state index < -0.39 is 0 Å². The molecule has 2 fully saturated rings. The molecule has 29 heavy (non-hydrogen) atoms. The Morgan fingerprint density at radius 2 is 2.03 bits per heavy atom. The Morgan fingerprint density at radius 1 is 1.24 bits per heavy atom. The van der Waals surface area contributed by atoms with Crippen molar-refractivity contribution in [3.05, 3.63) is 35.9 Å². The van der Waals surface area contributed by atoms with Gasteiger partial charge in [0.25, 0.3) is 0 Å². The van der Waals surface area contributed by atoms with Gasteiger partial charge in [0, 0.05) is 19.7 Å². The lowest BCUT2D eigenvalue weighted by Crippen LogP contribution is -2.42. The highest BCUT2D eigenvalue weighted by molar-refractivity contribution is 8.00. The van der Waals surface area contributed by atoms with E-state index in [0.717, 1.165) is 51.8 Å². The normalized spacial score (nSPS) is 21.4. The molecule has 1 amide bonds. The van der Waals surface area contributed by atoms with Gasteiger partial charge in [0.2, 0.25) is 11.1 Å². The van der Waals surface area contributed by atoms with Gasteiger partial charge in [-0.05, 0) is 60.9 Å². The molecule has 0 aliphatic carbocycles. The van der Waals surface area contributed by atoms with Gasteiger partial charge in [-0.25, -0.2) is 4.68 Å². The fourth-order valence-corrected chi connectivity index (χ4v) is 5.03. The molecule has 156 valence electrons. The van der Waals surface area contributed by atoms with E-state index in [9.17, 15) is 4.79 Å². The number of hydrogen-bond acceptors (Lipinski definition) is 6. The Balaban J connectivity index is 1.26. The molecular weight excluding hydrogens is 386 g/mol. The number of nitrogens with zero attached hydrogens (tertiary/aromatic N) is 5. The number of carbonyl (C=O) groups is 1. The molecule has 0 spiro atoms. The fourth-order valence-electron chi connectivity index (χ4n) is 4.15. The number of ether oxygens (including phenoxy) is 1. The highest BCUT2D eigenvalue weighted by Crippen LogP contribution is 2.27. The summed E-state index contributed by atoms with van der Waals surface area (Å²) >= 11 is 1.45. The van der Waals surface area contributed by atoms with Gasteiger partial charge in [-0.1, -0.05) is 42.1 Å². The predicted octanol–water partition coefficient (Wildman–Crippen LogP) is 2.81. The molecule has 3 heterocycles. The second-order valence-electron chi connectivity index (χ2n) is 8.00. The summed E-state index contributed by atoms with van der Waals surface area (Å²) < 4.78 is 7.45. The maximum Gasteiger partial charge on any atom is 0.235 e. The maximum atomic E-state index is 12.9. The monoisotopic (exact) mass is 415 g/mol. The molecule has 0 bridgehead atoms. The number of rotatable bonds is 7. The van der Waals surface area contributed by atoms with Gasteiger partial charge in [-0.15, -0.1) is 5.10 Å². The van der Waals surface area contributed by atoms with Gasteiger partial charge in [0.05, 0.1) is 17.9 Å². The fraction of sp³-hybridized carbons (Fsp3) is 0.619. The van der Waals surface area contributed by atoms with Crippen molar-refractivity contribution in [2.45, 2.75) is 62.1 Å². The zero-order valence-electron chi connectivity index (χ0n) is 16.9. The molecule has 2 saturated heterocycles. The summed E-state index contributed by atoms with van der Waals surface area (Å²) in [6, 6.07) is 10.6. The summed E-state index contributed by atoms with van der Waals surface area (Å²) in [7, 11) is 0. The van der Waals surface area contributed by atoms with Crippen LogP contribution in [0.3, 0.4) is 0 Å². The van der Waals surface area contributed by atoms with Gasteiger partial charge >= 0.3 is 0 Å². The lowest BCUT2D eigenvalue weighted by molar-refractivity contribution is -0.131. The number of benzene rings is 1. The summed E-state index contributed by atoms with van der Waals surface area (Å²) in [4.78, 5) is 15.0. The van der Waals surface area contributed by atoms with Crippen LogP contribution >= 0.6 is 11.8 Å². The minimum absolute atomic E-state index is 0.174. The van der Waals surface area contributed by atoms with Gasteiger partial charge < -0.3 is 9.64 Å². The summed E-state index contributed by atoms with van der Waals surface area (Å²) in [5, 5.41) is 12.5. The first-order valence-electron chi connectivity index (χ1n) is 10.6.